The normalized spacial score (nSPS) is 25.0. The van der Waals surface area contributed by atoms with E-state index in [-0.39, 0.29) is 56.4 Å². The van der Waals surface area contributed by atoms with E-state index in [1.807, 2.05) is 25.3 Å². The largest absolute Gasteiger partial charge is 0.375 e. The van der Waals surface area contributed by atoms with Gasteiger partial charge >= 0.3 is 6.03 Å². The number of allylic oxidation sites excluding steroid dienone is 8. The molecular formula is C39H52Cl2FN3O4S. The van der Waals surface area contributed by atoms with Crippen LogP contribution in [0.1, 0.15) is 85.1 Å². The predicted octanol–water partition coefficient (Wildman–Crippen LogP) is 9.78. The first-order valence-corrected chi connectivity index (χ1v) is 19.9. The lowest BCUT2D eigenvalue weighted by Crippen LogP contribution is -2.43. The molecule has 0 saturated carbocycles. The van der Waals surface area contributed by atoms with Gasteiger partial charge in [0.25, 0.3) is 10.0 Å². The summed E-state index contributed by atoms with van der Waals surface area (Å²) in [6.45, 7) is 10.6. The number of benzene rings is 1. The van der Waals surface area contributed by atoms with Gasteiger partial charge < -0.3 is 10.1 Å². The van der Waals surface area contributed by atoms with Crippen molar-refractivity contribution in [3.05, 3.63) is 87.9 Å². The molecule has 2 amide bonds. The van der Waals surface area contributed by atoms with Crippen LogP contribution in [0.5, 0.6) is 0 Å². The molecule has 3 aliphatic rings. The zero-order valence-electron chi connectivity index (χ0n) is 30.0. The molecule has 4 rings (SSSR count). The van der Waals surface area contributed by atoms with Crippen LogP contribution in [0.15, 0.2) is 87.2 Å². The van der Waals surface area contributed by atoms with Crippen LogP contribution in [-0.4, -0.2) is 45.3 Å². The summed E-state index contributed by atoms with van der Waals surface area (Å²) in [4.78, 5) is 17.4. The average molecular weight is 749 g/mol. The lowest BCUT2D eigenvalue weighted by molar-refractivity contribution is 0.143. The molecule has 0 saturated heterocycles. The lowest BCUT2D eigenvalue weighted by Gasteiger charge is -2.43. The summed E-state index contributed by atoms with van der Waals surface area (Å²) >= 11 is 13.4. The first-order valence-electron chi connectivity index (χ1n) is 17.6. The summed E-state index contributed by atoms with van der Waals surface area (Å²) in [6.07, 6.45) is 19.6. The van der Waals surface area contributed by atoms with Gasteiger partial charge in [0.15, 0.2) is 0 Å². The van der Waals surface area contributed by atoms with Gasteiger partial charge in [-0.2, -0.15) is 0 Å². The molecular weight excluding hydrogens is 696 g/mol. The van der Waals surface area contributed by atoms with Gasteiger partial charge in [-0.3, -0.25) is 4.99 Å². The number of methoxy groups -OCH3 is 1. The van der Waals surface area contributed by atoms with E-state index < -0.39 is 16.1 Å². The Kier molecular flexibility index (Phi) is 14.2. The number of hydrogen-bond donors (Lipinski definition) is 2. The second kappa shape index (κ2) is 17.7. The molecule has 1 aliphatic heterocycles. The number of ether oxygens (including phenoxy) is 1. The van der Waals surface area contributed by atoms with Crippen molar-refractivity contribution in [1.29, 1.82) is 0 Å². The smallest absolute Gasteiger partial charge is 0.328 e. The number of sulfonamides is 1. The highest BCUT2D eigenvalue weighted by molar-refractivity contribution is 7.90. The summed E-state index contributed by atoms with van der Waals surface area (Å²) in [5.74, 6) is 0.216. The van der Waals surface area contributed by atoms with E-state index in [9.17, 15) is 17.6 Å². The Balaban J connectivity index is 1.58. The second-order valence-electron chi connectivity index (χ2n) is 14.3. The van der Waals surface area contributed by atoms with Crippen molar-refractivity contribution in [2.24, 2.45) is 28.2 Å². The maximum Gasteiger partial charge on any atom is 0.328 e. The first-order chi connectivity index (χ1) is 23.7. The molecule has 50 heavy (non-hydrogen) atoms. The highest BCUT2D eigenvalue weighted by Crippen LogP contribution is 2.47. The third-order valence-corrected chi connectivity index (χ3v) is 12.4. The molecule has 1 aromatic carbocycles. The number of nitrogens with zero attached hydrogens (tertiary/aromatic N) is 1. The molecule has 6 atom stereocenters. The third kappa shape index (κ3) is 10.2. The fourth-order valence-corrected chi connectivity index (χ4v) is 8.75. The quantitative estimate of drug-likeness (QED) is 0.155. The van der Waals surface area contributed by atoms with E-state index in [1.165, 1.54) is 17.7 Å². The summed E-state index contributed by atoms with van der Waals surface area (Å²) in [5.41, 5.74) is 3.49. The highest BCUT2D eigenvalue weighted by Gasteiger charge is 2.40. The van der Waals surface area contributed by atoms with Gasteiger partial charge in [-0.05, 0) is 72.8 Å². The Bertz CT molecular complexity index is 1680. The van der Waals surface area contributed by atoms with Crippen LogP contribution >= 0.6 is 23.2 Å². The van der Waals surface area contributed by atoms with Gasteiger partial charge in [-0.15, -0.1) is 11.6 Å². The van der Waals surface area contributed by atoms with Gasteiger partial charge in [0.1, 0.15) is 5.83 Å². The fourth-order valence-electron chi connectivity index (χ4n) is 7.18. The van der Waals surface area contributed by atoms with Crippen molar-refractivity contribution in [3.63, 3.8) is 0 Å². The summed E-state index contributed by atoms with van der Waals surface area (Å²) in [7, 11) is -2.49. The number of hydrogen-bond acceptors (Lipinski definition) is 5. The van der Waals surface area contributed by atoms with Crippen LogP contribution in [0.25, 0.3) is 0 Å². The number of amides is 2. The molecule has 2 N–H and O–H groups in total. The lowest BCUT2D eigenvalue weighted by atomic mass is 9.62. The van der Waals surface area contributed by atoms with Crippen molar-refractivity contribution >= 4 is 45.5 Å². The van der Waals surface area contributed by atoms with E-state index in [0.717, 1.165) is 37.0 Å². The van der Waals surface area contributed by atoms with E-state index in [1.54, 1.807) is 19.3 Å². The molecule has 7 nitrogen and oxygen atoms in total. The monoisotopic (exact) mass is 747 g/mol. The molecule has 0 radical (unpaired) electrons. The average Bonchev–Trinajstić information content (AvgIpc) is 3.05. The fraction of sp³-hybridized carbons (Fsp3) is 0.538. The molecule has 0 aromatic heterocycles. The highest BCUT2D eigenvalue weighted by atomic mass is 35.5. The zero-order chi connectivity index (χ0) is 36.6. The van der Waals surface area contributed by atoms with Gasteiger partial charge in [0, 0.05) is 48.8 Å². The number of halogens is 3. The van der Waals surface area contributed by atoms with Crippen molar-refractivity contribution in [3.8, 4) is 0 Å². The molecule has 0 bridgehead atoms. The molecule has 274 valence electrons. The number of carbonyl (C=O) groups excluding carboxylic acids is 1. The summed E-state index contributed by atoms with van der Waals surface area (Å²) in [5, 5.41) is 2.67. The third-order valence-electron chi connectivity index (χ3n) is 10.3. The minimum absolute atomic E-state index is 0.00119. The van der Waals surface area contributed by atoms with Gasteiger partial charge in [-0.1, -0.05) is 101 Å². The van der Waals surface area contributed by atoms with Crippen LogP contribution in [0, 0.1) is 23.2 Å². The maximum absolute atomic E-state index is 14.1. The Morgan fingerprint density at radius 1 is 1.20 bits per heavy atom. The Labute approximate surface area is 308 Å². The van der Waals surface area contributed by atoms with Crippen LogP contribution in [-0.2, 0) is 21.2 Å². The number of alkyl halides is 1. The zero-order valence-corrected chi connectivity index (χ0v) is 32.3. The summed E-state index contributed by atoms with van der Waals surface area (Å²) < 4.78 is 47.8. The number of carbonyl (C=O) groups is 1. The van der Waals surface area contributed by atoms with E-state index in [0.29, 0.717) is 31.2 Å². The van der Waals surface area contributed by atoms with Crippen LogP contribution in [0.3, 0.4) is 0 Å². The molecule has 0 fully saturated rings. The van der Waals surface area contributed by atoms with Crippen LogP contribution < -0.4 is 10.0 Å². The number of nitrogens with one attached hydrogen (secondary N) is 2. The molecule has 11 heteroatoms. The standard InChI is InChI=1S/C39H52Cl2FN3O4S/c1-7-8-9-10-25(2)44-38(46)45-50(47,48)32-18-13-28(35(40)23-32)21-31-17-19-33(27-11-15-30(42)16-12-27)26(3)34(24-43-31)39(4,5)29-14-20-37(49-6)36(41)22-29/h11,13-15,17-18,20,22-26,33-34,36-37H,7-10,12,16,19,21H2,1-6H3,(H2,44,45,46). The Morgan fingerprint density at radius 2 is 1.96 bits per heavy atom. The van der Waals surface area contributed by atoms with Gasteiger partial charge in [0.05, 0.1) is 16.4 Å². The topological polar surface area (TPSA) is 96.9 Å². The Hall–Kier alpha value is -2.72. The molecule has 1 aromatic rings. The van der Waals surface area contributed by atoms with Crippen LogP contribution in [0.4, 0.5) is 9.18 Å². The summed E-state index contributed by atoms with van der Waals surface area (Å²) in [6, 6.07) is 3.57. The SMILES string of the molecule is CCCCCC(C)NC(=O)NS(=O)(=O)c1ccc(CC2=CCC(C3=CC=C(F)CC3)C(C)C(C(C)(C)C3=CC(Cl)C(OC)C=C3)C=N2)c(Cl)c1. The van der Waals surface area contributed by atoms with Gasteiger partial charge in [0.2, 0.25) is 0 Å². The Morgan fingerprint density at radius 3 is 2.60 bits per heavy atom. The second-order valence-corrected chi connectivity index (χ2v) is 16.9. The van der Waals surface area contributed by atoms with Crippen molar-refractivity contribution in [2.75, 3.05) is 7.11 Å². The van der Waals surface area contributed by atoms with Crippen molar-refractivity contribution in [1.82, 2.24) is 10.0 Å². The predicted molar refractivity (Wildman–Crippen MR) is 203 cm³/mol. The van der Waals surface area contributed by atoms with Gasteiger partial charge in [-0.25, -0.2) is 22.3 Å². The van der Waals surface area contributed by atoms with E-state index >= 15 is 0 Å². The number of urea groups is 1. The van der Waals surface area contributed by atoms with E-state index in [4.69, 9.17) is 32.9 Å². The molecule has 1 heterocycles. The maximum atomic E-state index is 14.1. The number of unbranched alkanes of at least 4 members (excludes halogenated alkanes) is 2. The molecule has 0 spiro atoms. The minimum Gasteiger partial charge on any atom is -0.375 e. The van der Waals surface area contributed by atoms with Crippen LogP contribution in [0.2, 0.25) is 5.02 Å². The van der Waals surface area contributed by atoms with Crippen molar-refractivity contribution < 1.29 is 22.3 Å². The van der Waals surface area contributed by atoms with Crippen molar-refractivity contribution in [2.45, 2.75) is 108 Å². The first kappa shape index (κ1) is 40.1. The number of aliphatic imine (C=N–C) groups is 1. The van der Waals surface area contributed by atoms with E-state index in [2.05, 4.69) is 56.0 Å². The minimum atomic E-state index is -4.14. The molecule has 2 aliphatic carbocycles. The molecule has 6 unspecified atom stereocenters. The number of rotatable bonds is 13.